The fourth-order valence-corrected chi connectivity index (χ4v) is 3.16. The van der Waals surface area contributed by atoms with E-state index >= 15 is 0 Å². The average Bonchev–Trinajstić information content (AvgIpc) is 2.92. The Morgan fingerprint density at radius 3 is 2.60 bits per heavy atom. The van der Waals surface area contributed by atoms with Crippen molar-refractivity contribution in [1.82, 2.24) is 14.5 Å². The van der Waals surface area contributed by atoms with Crippen molar-refractivity contribution in [2.75, 3.05) is 31.6 Å². The minimum absolute atomic E-state index is 0.0242. The van der Waals surface area contributed by atoms with E-state index in [9.17, 15) is 4.79 Å². The third-order valence-electron chi connectivity index (χ3n) is 4.54. The third-order valence-corrected chi connectivity index (χ3v) is 4.54. The van der Waals surface area contributed by atoms with Crippen LogP contribution in [0.1, 0.15) is 39.6 Å². The zero-order valence-electron chi connectivity index (χ0n) is 15.6. The van der Waals surface area contributed by atoms with Crippen LogP contribution in [0.5, 0.6) is 0 Å². The Labute approximate surface area is 149 Å². The Balaban J connectivity index is 1.90. The van der Waals surface area contributed by atoms with Crippen LogP contribution in [0.25, 0.3) is 11.0 Å². The summed E-state index contributed by atoms with van der Waals surface area (Å²) in [4.78, 5) is 19.2. The first-order chi connectivity index (χ1) is 12.0. The number of rotatable bonds is 5. The number of fused-ring (bicyclic) bond motifs is 1. The van der Waals surface area contributed by atoms with Crippen LogP contribution in [0.15, 0.2) is 18.2 Å². The highest BCUT2D eigenvalue weighted by Crippen LogP contribution is 2.25. The van der Waals surface area contributed by atoms with E-state index in [4.69, 9.17) is 9.72 Å². The lowest BCUT2D eigenvalue weighted by Crippen LogP contribution is -2.36. The van der Waals surface area contributed by atoms with Crippen LogP contribution in [-0.4, -0.2) is 46.7 Å². The predicted molar refractivity (Wildman–Crippen MR) is 99.7 cm³/mol. The summed E-state index contributed by atoms with van der Waals surface area (Å²) in [6.07, 6.45) is 0. The van der Waals surface area contributed by atoms with Crippen LogP contribution in [0, 0.1) is 5.92 Å². The molecule has 6 heteroatoms. The topological polar surface area (TPSA) is 59.4 Å². The fourth-order valence-electron chi connectivity index (χ4n) is 3.16. The molecule has 0 spiro atoms. The molecule has 0 radical (unpaired) electrons. The Kier molecular flexibility index (Phi) is 5.39. The van der Waals surface area contributed by atoms with Crippen molar-refractivity contribution in [3.63, 3.8) is 0 Å². The summed E-state index contributed by atoms with van der Waals surface area (Å²) in [7, 11) is 0. The van der Waals surface area contributed by atoms with Crippen LogP contribution in [0.4, 0.5) is 5.69 Å². The second-order valence-electron chi connectivity index (χ2n) is 7.23. The number of anilines is 1. The molecule has 1 aromatic carbocycles. The maximum absolute atomic E-state index is 11.9. The number of ether oxygens (including phenoxy) is 1. The number of hydrogen-bond donors (Lipinski definition) is 1. The summed E-state index contributed by atoms with van der Waals surface area (Å²) >= 11 is 0. The number of nitrogens with one attached hydrogen (secondary N) is 1. The molecule has 0 unspecified atom stereocenters. The van der Waals surface area contributed by atoms with E-state index in [2.05, 4.69) is 34.7 Å². The molecule has 1 amide bonds. The molecular weight excluding hydrogens is 316 g/mol. The molecule has 0 bridgehead atoms. The van der Waals surface area contributed by atoms with Crippen LogP contribution in [0.2, 0.25) is 0 Å². The number of carbonyl (C=O) groups excluding carboxylic acids is 1. The van der Waals surface area contributed by atoms with Crippen molar-refractivity contribution in [2.45, 2.75) is 40.3 Å². The van der Waals surface area contributed by atoms with Gasteiger partial charge in [-0.05, 0) is 32.0 Å². The summed E-state index contributed by atoms with van der Waals surface area (Å²) in [6.45, 7) is 12.4. The van der Waals surface area contributed by atoms with E-state index < -0.39 is 0 Å². The van der Waals surface area contributed by atoms with Gasteiger partial charge in [0, 0.05) is 30.7 Å². The molecule has 136 valence electrons. The molecule has 1 aromatic heterocycles. The summed E-state index contributed by atoms with van der Waals surface area (Å²) in [5.41, 5.74) is 2.84. The summed E-state index contributed by atoms with van der Waals surface area (Å²) < 4.78 is 7.73. The Bertz CT molecular complexity index is 745. The number of imidazole rings is 1. The number of carbonyl (C=O) groups is 1. The lowest BCUT2D eigenvalue weighted by atomic mass is 10.2. The number of aromatic nitrogens is 2. The predicted octanol–water partition coefficient (Wildman–Crippen LogP) is 3.04. The van der Waals surface area contributed by atoms with Gasteiger partial charge in [-0.15, -0.1) is 0 Å². The van der Waals surface area contributed by atoms with E-state index in [0.29, 0.717) is 6.04 Å². The fraction of sp³-hybridized carbons (Fsp3) is 0.579. The monoisotopic (exact) mass is 344 g/mol. The van der Waals surface area contributed by atoms with E-state index in [-0.39, 0.29) is 11.8 Å². The number of hydrogen-bond acceptors (Lipinski definition) is 4. The molecule has 0 aliphatic carbocycles. The van der Waals surface area contributed by atoms with Gasteiger partial charge in [-0.25, -0.2) is 4.98 Å². The number of amides is 1. The number of benzene rings is 1. The molecule has 2 aromatic rings. The van der Waals surface area contributed by atoms with Crippen molar-refractivity contribution in [3.05, 3.63) is 24.0 Å². The largest absolute Gasteiger partial charge is 0.379 e. The first-order valence-corrected chi connectivity index (χ1v) is 9.07. The maximum atomic E-state index is 11.9. The highest BCUT2D eigenvalue weighted by molar-refractivity contribution is 5.94. The molecule has 0 atom stereocenters. The summed E-state index contributed by atoms with van der Waals surface area (Å²) in [5, 5.41) is 2.96. The number of nitrogens with zero attached hydrogens (tertiary/aromatic N) is 3. The van der Waals surface area contributed by atoms with Crippen molar-refractivity contribution in [3.8, 4) is 0 Å². The highest BCUT2D eigenvalue weighted by Gasteiger charge is 2.18. The van der Waals surface area contributed by atoms with E-state index in [0.717, 1.165) is 55.4 Å². The van der Waals surface area contributed by atoms with Gasteiger partial charge in [0.1, 0.15) is 5.82 Å². The molecule has 2 heterocycles. The van der Waals surface area contributed by atoms with Gasteiger partial charge in [-0.3, -0.25) is 9.69 Å². The zero-order chi connectivity index (χ0) is 18.0. The van der Waals surface area contributed by atoms with Crippen molar-refractivity contribution in [1.29, 1.82) is 0 Å². The van der Waals surface area contributed by atoms with E-state index in [1.165, 1.54) is 0 Å². The van der Waals surface area contributed by atoms with Gasteiger partial charge in [0.05, 0.1) is 30.8 Å². The minimum Gasteiger partial charge on any atom is -0.379 e. The molecule has 25 heavy (non-hydrogen) atoms. The second-order valence-corrected chi connectivity index (χ2v) is 7.23. The normalized spacial score (nSPS) is 16.1. The standard InChI is InChI=1S/C19H28N4O2/c1-13(2)19(24)20-15-5-6-17-16(11-15)21-18(23(17)14(3)4)12-22-7-9-25-10-8-22/h5-6,11,13-14H,7-10,12H2,1-4H3,(H,20,24). The van der Waals surface area contributed by atoms with Crippen LogP contribution in [0.3, 0.4) is 0 Å². The second kappa shape index (κ2) is 7.54. The lowest BCUT2D eigenvalue weighted by molar-refractivity contribution is -0.118. The first-order valence-electron chi connectivity index (χ1n) is 9.07. The number of morpholine rings is 1. The van der Waals surface area contributed by atoms with Gasteiger partial charge in [0.15, 0.2) is 0 Å². The zero-order valence-corrected chi connectivity index (χ0v) is 15.6. The molecule has 1 saturated heterocycles. The summed E-state index contributed by atoms with van der Waals surface area (Å²) in [5.74, 6) is 1.05. The Hall–Kier alpha value is -1.92. The van der Waals surface area contributed by atoms with Gasteiger partial charge in [-0.1, -0.05) is 13.8 Å². The van der Waals surface area contributed by atoms with Crippen molar-refractivity contribution < 1.29 is 9.53 Å². The minimum atomic E-state index is -0.0409. The quantitative estimate of drug-likeness (QED) is 0.906. The van der Waals surface area contributed by atoms with E-state index in [1.54, 1.807) is 0 Å². The smallest absolute Gasteiger partial charge is 0.226 e. The molecule has 1 aliphatic heterocycles. The first kappa shape index (κ1) is 17.9. The molecular formula is C19H28N4O2. The lowest BCUT2D eigenvalue weighted by Gasteiger charge is -2.27. The molecule has 6 nitrogen and oxygen atoms in total. The average molecular weight is 344 g/mol. The molecule has 3 rings (SSSR count). The van der Waals surface area contributed by atoms with Crippen LogP contribution >= 0.6 is 0 Å². The van der Waals surface area contributed by atoms with Gasteiger partial charge in [0.25, 0.3) is 0 Å². The molecule has 0 saturated carbocycles. The van der Waals surface area contributed by atoms with Gasteiger partial charge < -0.3 is 14.6 Å². The Morgan fingerprint density at radius 2 is 1.96 bits per heavy atom. The molecule has 1 aliphatic rings. The van der Waals surface area contributed by atoms with Gasteiger partial charge in [0.2, 0.25) is 5.91 Å². The highest BCUT2D eigenvalue weighted by atomic mass is 16.5. The SMILES string of the molecule is CC(C)C(=O)Nc1ccc2c(c1)nc(CN1CCOCC1)n2C(C)C. The maximum Gasteiger partial charge on any atom is 0.226 e. The molecule has 1 N–H and O–H groups in total. The van der Waals surface area contributed by atoms with E-state index in [1.807, 2.05) is 26.0 Å². The van der Waals surface area contributed by atoms with Crippen molar-refractivity contribution >= 4 is 22.6 Å². The Morgan fingerprint density at radius 1 is 1.24 bits per heavy atom. The van der Waals surface area contributed by atoms with Crippen LogP contribution in [-0.2, 0) is 16.1 Å². The van der Waals surface area contributed by atoms with Crippen molar-refractivity contribution in [2.24, 2.45) is 5.92 Å². The van der Waals surface area contributed by atoms with Gasteiger partial charge in [-0.2, -0.15) is 0 Å². The molecule has 1 fully saturated rings. The van der Waals surface area contributed by atoms with Gasteiger partial charge >= 0.3 is 0 Å². The third kappa shape index (κ3) is 4.02. The summed E-state index contributed by atoms with van der Waals surface area (Å²) in [6, 6.07) is 6.32. The van der Waals surface area contributed by atoms with Crippen LogP contribution < -0.4 is 5.32 Å².